The summed E-state index contributed by atoms with van der Waals surface area (Å²) < 4.78 is 0. The molecule has 1 rings (SSSR count). The zero-order chi connectivity index (χ0) is 13.5. The van der Waals surface area contributed by atoms with Gasteiger partial charge in [-0.05, 0) is 24.6 Å². The van der Waals surface area contributed by atoms with Crippen LogP contribution in [0.3, 0.4) is 0 Å². The van der Waals surface area contributed by atoms with Crippen LogP contribution >= 0.6 is 11.8 Å². The summed E-state index contributed by atoms with van der Waals surface area (Å²) >= 11 is 1.22. The Morgan fingerprint density at radius 3 is 2.72 bits per heavy atom. The summed E-state index contributed by atoms with van der Waals surface area (Å²) in [5, 5.41) is 9.08. The molecule has 1 N–H and O–H groups in total. The first-order valence-electron chi connectivity index (χ1n) is 5.47. The van der Waals surface area contributed by atoms with E-state index < -0.39 is 5.97 Å². The normalized spacial score (nSPS) is 9.44. The van der Waals surface area contributed by atoms with Crippen molar-refractivity contribution in [2.75, 3.05) is 5.75 Å². The quantitative estimate of drug-likeness (QED) is 0.672. The van der Waals surface area contributed by atoms with Crippen LogP contribution in [0.2, 0.25) is 0 Å². The minimum atomic E-state index is -0.975. The zero-order valence-electron chi connectivity index (χ0n) is 10.3. The molecule has 0 bridgehead atoms. The van der Waals surface area contributed by atoms with Crippen LogP contribution in [-0.2, 0) is 4.79 Å². The van der Waals surface area contributed by atoms with Gasteiger partial charge in [-0.2, -0.15) is 0 Å². The van der Waals surface area contributed by atoms with E-state index in [0.717, 1.165) is 5.56 Å². The van der Waals surface area contributed by atoms with Crippen molar-refractivity contribution in [2.24, 2.45) is 0 Å². The average molecular weight is 262 g/mol. The van der Waals surface area contributed by atoms with E-state index in [1.165, 1.54) is 18.7 Å². The molecule has 0 saturated carbocycles. The molecule has 3 nitrogen and oxygen atoms in total. The van der Waals surface area contributed by atoms with Gasteiger partial charge in [0.05, 0.1) is 5.56 Å². The fourth-order valence-corrected chi connectivity index (χ4v) is 1.84. The molecule has 0 unspecified atom stereocenters. The van der Waals surface area contributed by atoms with E-state index in [2.05, 4.69) is 11.8 Å². The van der Waals surface area contributed by atoms with Crippen LogP contribution in [0, 0.1) is 18.8 Å². The maximum Gasteiger partial charge on any atom is 0.336 e. The lowest BCUT2D eigenvalue weighted by Gasteiger charge is -2.00. The van der Waals surface area contributed by atoms with Gasteiger partial charge in [0, 0.05) is 24.7 Å². The maximum absolute atomic E-state index is 11.0. The van der Waals surface area contributed by atoms with Crippen LogP contribution in [0.5, 0.6) is 0 Å². The molecule has 18 heavy (non-hydrogen) atoms. The third-order valence-corrected chi connectivity index (χ3v) is 2.98. The SMILES string of the molecule is CC(=O)SCCC#Cc1cc(C)ccc1C(=O)O. The Balaban J connectivity index is 2.77. The number of carbonyl (C=O) groups is 2. The number of rotatable bonds is 3. The number of thioether (sulfide) groups is 1. The second kappa shape index (κ2) is 6.87. The largest absolute Gasteiger partial charge is 0.478 e. The molecule has 0 amide bonds. The number of aryl methyl sites for hydroxylation is 1. The smallest absolute Gasteiger partial charge is 0.336 e. The Morgan fingerprint density at radius 1 is 1.39 bits per heavy atom. The number of carboxylic acids is 1. The van der Waals surface area contributed by atoms with Crippen molar-refractivity contribution in [3.8, 4) is 11.8 Å². The monoisotopic (exact) mass is 262 g/mol. The van der Waals surface area contributed by atoms with Crippen LogP contribution < -0.4 is 0 Å². The maximum atomic E-state index is 11.0. The summed E-state index contributed by atoms with van der Waals surface area (Å²) in [5.74, 6) is 5.41. The highest BCUT2D eigenvalue weighted by Crippen LogP contribution is 2.11. The van der Waals surface area contributed by atoms with Gasteiger partial charge in [0.2, 0.25) is 0 Å². The van der Waals surface area contributed by atoms with Gasteiger partial charge in [0.15, 0.2) is 5.12 Å². The van der Waals surface area contributed by atoms with Gasteiger partial charge in [-0.15, -0.1) is 0 Å². The predicted octanol–water partition coefficient (Wildman–Crippen LogP) is 2.71. The molecule has 1 aromatic rings. The Kier molecular flexibility index (Phi) is 5.47. The molecule has 0 aliphatic rings. The topological polar surface area (TPSA) is 54.4 Å². The van der Waals surface area contributed by atoms with E-state index in [1.807, 2.05) is 6.92 Å². The second-order valence-corrected chi connectivity index (χ2v) is 5.02. The minimum Gasteiger partial charge on any atom is -0.478 e. The molecule has 0 aliphatic heterocycles. The molecule has 0 heterocycles. The summed E-state index contributed by atoms with van der Waals surface area (Å²) in [5.41, 5.74) is 1.71. The van der Waals surface area contributed by atoms with Crippen molar-refractivity contribution in [2.45, 2.75) is 20.3 Å². The summed E-state index contributed by atoms with van der Waals surface area (Å²) in [6.45, 7) is 3.41. The standard InChI is InChI=1S/C14H14O3S/c1-10-6-7-13(14(16)17)12(9-10)5-3-4-8-18-11(2)15/h6-7,9H,4,8H2,1-2H3,(H,16,17). The van der Waals surface area contributed by atoms with Crippen molar-refractivity contribution in [1.29, 1.82) is 0 Å². The highest BCUT2D eigenvalue weighted by atomic mass is 32.2. The molecule has 94 valence electrons. The van der Waals surface area contributed by atoms with Crippen molar-refractivity contribution < 1.29 is 14.7 Å². The van der Waals surface area contributed by atoms with Gasteiger partial charge >= 0.3 is 5.97 Å². The molecule has 0 aromatic heterocycles. The lowest BCUT2D eigenvalue weighted by molar-refractivity contribution is -0.109. The lowest BCUT2D eigenvalue weighted by atomic mass is 10.0. The Hall–Kier alpha value is -1.73. The van der Waals surface area contributed by atoms with Gasteiger partial charge in [-0.25, -0.2) is 4.79 Å². The second-order valence-electron chi connectivity index (χ2n) is 3.75. The molecule has 0 fully saturated rings. The van der Waals surface area contributed by atoms with Crippen molar-refractivity contribution >= 4 is 22.8 Å². The molecule has 0 saturated heterocycles. The van der Waals surface area contributed by atoms with Gasteiger partial charge in [0.25, 0.3) is 0 Å². The predicted molar refractivity (Wildman–Crippen MR) is 72.8 cm³/mol. The lowest BCUT2D eigenvalue weighted by Crippen LogP contribution is -2.00. The summed E-state index contributed by atoms with van der Waals surface area (Å²) in [6.07, 6.45) is 0.567. The van der Waals surface area contributed by atoms with E-state index in [9.17, 15) is 9.59 Å². The van der Waals surface area contributed by atoms with Crippen LogP contribution in [0.4, 0.5) is 0 Å². The molecule has 0 radical (unpaired) electrons. The highest BCUT2D eigenvalue weighted by molar-refractivity contribution is 8.13. The number of carbonyl (C=O) groups excluding carboxylic acids is 1. The molecule has 0 aliphatic carbocycles. The third-order valence-electron chi connectivity index (χ3n) is 2.16. The van der Waals surface area contributed by atoms with Crippen molar-refractivity contribution in [3.63, 3.8) is 0 Å². The first-order valence-corrected chi connectivity index (χ1v) is 6.45. The molecule has 4 heteroatoms. The van der Waals surface area contributed by atoms with Gasteiger partial charge < -0.3 is 5.11 Å². The van der Waals surface area contributed by atoms with E-state index in [1.54, 1.807) is 18.2 Å². The highest BCUT2D eigenvalue weighted by Gasteiger charge is 2.07. The summed E-state index contributed by atoms with van der Waals surface area (Å²) in [4.78, 5) is 21.7. The molecule has 0 spiro atoms. The third kappa shape index (κ3) is 4.64. The van der Waals surface area contributed by atoms with Crippen LogP contribution in [-0.4, -0.2) is 21.9 Å². The fraction of sp³-hybridized carbons (Fsp3) is 0.286. The Morgan fingerprint density at radius 2 is 2.11 bits per heavy atom. The molecular formula is C14H14O3S. The van der Waals surface area contributed by atoms with Gasteiger partial charge in [-0.3, -0.25) is 4.79 Å². The van der Waals surface area contributed by atoms with Crippen LogP contribution in [0.25, 0.3) is 0 Å². The molecular weight excluding hydrogens is 248 g/mol. The van der Waals surface area contributed by atoms with E-state index >= 15 is 0 Å². The van der Waals surface area contributed by atoms with E-state index in [0.29, 0.717) is 17.7 Å². The molecule has 1 aromatic carbocycles. The first kappa shape index (κ1) is 14.3. The zero-order valence-corrected chi connectivity index (χ0v) is 11.1. The van der Waals surface area contributed by atoms with Gasteiger partial charge in [-0.1, -0.05) is 29.7 Å². The minimum absolute atomic E-state index is 0.0681. The number of carboxylic acid groups (broad SMARTS) is 1. The first-order chi connectivity index (χ1) is 8.50. The van der Waals surface area contributed by atoms with Crippen LogP contribution in [0.1, 0.15) is 34.8 Å². The van der Waals surface area contributed by atoms with Gasteiger partial charge in [0.1, 0.15) is 0 Å². The number of aromatic carboxylic acids is 1. The Bertz CT molecular complexity index is 524. The fourth-order valence-electron chi connectivity index (χ4n) is 1.35. The van der Waals surface area contributed by atoms with Crippen LogP contribution in [0.15, 0.2) is 18.2 Å². The van der Waals surface area contributed by atoms with Crippen molar-refractivity contribution in [1.82, 2.24) is 0 Å². The molecule has 0 atom stereocenters. The van der Waals surface area contributed by atoms with E-state index in [4.69, 9.17) is 5.11 Å². The number of benzene rings is 1. The Labute approximate surface area is 111 Å². The average Bonchev–Trinajstić information content (AvgIpc) is 2.27. The van der Waals surface area contributed by atoms with E-state index in [-0.39, 0.29) is 10.7 Å². The number of hydrogen-bond donors (Lipinski definition) is 1. The summed E-state index contributed by atoms with van der Waals surface area (Å²) in [6, 6.07) is 5.07. The van der Waals surface area contributed by atoms with Crippen molar-refractivity contribution in [3.05, 3.63) is 34.9 Å². The summed E-state index contributed by atoms with van der Waals surface area (Å²) in [7, 11) is 0. The number of hydrogen-bond acceptors (Lipinski definition) is 3.